The molecular formula is C21H16N2O3. The molecule has 0 spiro atoms. The van der Waals surface area contributed by atoms with Gasteiger partial charge in [0.25, 0.3) is 0 Å². The van der Waals surface area contributed by atoms with Crippen LogP contribution in [0.3, 0.4) is 0 Å². The SMILES string of the molecule is C=C1C=CC=C2OC(OC)(c3c4ccccc4n4ccncc34)C(=O)C12. The molecule has 0 radical (unpaired) electrons. The minimum Gasteiger partial charge on any atom is -0.454 e. The zero-order valence-electron chi connectivity index (χ0n) is 14.2. The molecule has 0 saturated carbocycles. The van der Waals surface area contributed by atoms with Gasteiger partial charge in [0.2, 0.25) is 5.78 Å². The zero-order chi connectivity index (χ0) is 17.9. The summed E-state index contributed by atoms with van der Waals surface area (Å²) in [5.41, 5.74) is 3.13. The van der Waals surface area contributed by atoms with E-state index in [1.807, 2.05) is 47.0 Å². The Kier molecular flexibility index (Phi) is 3.00. The highest BCUT2D eigenvalue weighted by Crippen LogP contribution is 2.49. The average Bonchev–Trinajstić information content (AvgIpc) is 3.16. The molecule has 2 unspecified atom stereocenters. The van der Waals surface area contributed by atoms with Crippen LogP contribution in [-0.4, -0.2) is 22.3 Å². The lowest BCUT2D eigenvalue weighted by atomic mass is 9.86. The van der Waals surface area contributed by atoms with Crippen LogP contribution in [0.5, 0.6) is 0 Å². The number of hydrogen-bond donors (Lipinski definition) is 0. The Morgan fingerprint density at radius 2 is 2.15 bits per heavy atom. The van der Waals surface area contributed by atoms with E-state index >= 15 is 0 Å². The van der Waals surface area contributed by atoms with Crippen molar-refractivity contribution in [3.05, 3.63) is 84.6 Å². The molecule has 0 N–H and O–H groups in total. The summed E-state index contributed by atoms with van der Waals surface area (Å²) in [5, 5.41) is 0.897. The van der Waals surface area contributed by atoms with Crippen LogP contribution in [0.4, 0.5) is 0 Å². The monoisotopic (exact) mass is 344 g/mol. The fourth-order valence-electron chi connectivity index (χ4n) is 3.99. The Bertz CT molecular complexity index is 1100. The van der Waals surface area contributed by atoms with Gasteiger partial charge in [0.1, 0.15) is 11.7 Å². The molecule has 0 bridgehead atoms. The number of hydrogen-bond acceptors (Lipinski definition) is 4. The van der Waals surface area contributed by atoms with Crippen LogP contribution in [0.15, 0.2) is 79.0 Å². The molecule has 3 aromatic rings. The van der Waals surface area contributed by atoms with E-state index in [9.17, 15) is 4.79 Å². The van der Waals surface area contributed by atoms with Crippen molar-refractivity contribution in [2.24, 2.45) is 5.92 Å². The van der Waals surface area contributed by atoms with Crippen LogP contribution in [0.2, 0.25) is 0 Å². The maximum atomic E-state index is 13.5. The van der Waals surface area contributed by atoms with E-state index < -0.39 is 11.7 Å². The zero-order valence-corrected chi connectivity index (χ0v) is 14.2. The number of para-hydroxylation sites is 1. The summed E-state index contributed by atoms with van der Waals surface area (Å²) < 4.78 is 14.0. The molecule has 128 valence electrons. The molecule has 1 aliphatic carbocycles. The number of Topliss-reactive ketones (excluding diaryl/α,β-unsaturated/α-hetero) is 1. The summed E-state index contributed by atoms with van der Waals surface area (Å²) in [6.07, 6.45) is 10.8. The Hall–Kier alpha value is -3.18. The topological polar surface area (TPSA) is 52.8 Å². The number of rotatable bonds is 2. The van der Waals surface area contributed by atoms with Crippen LogP contribution < -0.4 is 0 Å². The van der Waals surface area contributed by atoms with Gasteiger partial charge >= 0.3 is 5.79 Å². The normalized spacial score (nSPS) is 24.8. The first-order valence-electron chi connectivity index (χ1n) is 8.36. The van der Waals surface area contributed by atoms with Gasteiger partial charge in [-0.25, -0.2) is 0 Å². The van der Waals surface area contributed by atoms with Gasteiger partial charge in [-0.3, -0.25) is 9.78 Å². The summed E-state index contributed by atoms with van der Waals surface area (Å²) in [6.45, 7) is 4.01. The third-order valence-electron chi connectivity index (χ3n) is 5.14. The number of ether oxygens (including phenoxy) is 2. The van der Waals surface area contributed by atoms with Crippen molar-refractivity contribution in [1.29, 1.82) is 0 Å². The van der Waals surface area contributed by atoms with Gasteiger partial charge in [-0.2, -0.15) is 0 Å². The first-order valence-corrected chi connectivity index (χ1v) is 8.36. The van der Waals surface area contributed by atoms with E-state index in [4.69, 9.17) is 9.47 Å². The van der Waals surface area contributed by atoms with E-state index in [1.165, 1.54) is 7.11 Å². The van der Waals surface area contributed by atoms with E-state index in [0.29, 0.717) is 16.9 Å². The first kappa shape index (κ1) is 15.1. The summed E-state index contributed by atoms with van der Waals surface area (Å²) >= 11 is 0. The number of fused-ring (bicyclic) bond motifs is 4. The Morgan fingerprint density at radius 1 is 1.31 bits per heavy atom. The molecule has 2 aromatic heterocycles. The van der Waals surface area contributed by atoms with Gasteiger partial charge < -0.3 is 13.9 Å². The molecule has 5 heteroatoms. The molecular weight excluding hydrogens is 328 g/mol. The summed E-state index contributed by atoms with van der Waals surface area (Å²) in [5.74, 6) is -1.65. The van der Waals surface area contributed by atoms with Crippen molar-refractivity contribution in [3.8, 4) is 0 Å². The second-order valence-corrected chi connectivity index (χ2v) is 6.45. The molecule has 2 atom stereocenters. The van der Waals surface area contributed by atoms with E-state index in [1.54, 1.807) is 18.5 Å². The van der Waals surface area contributed by atoms with Gasteiger partial charge in [-0.15, -0.1) is 0 Å². The highest BCUT2D eigenvalue weighted by molar-refractivity contribution is 6.04. The Morgan fingerprint density at radius 3 is 2.96 bits per heavy atom. The summed E-state index contributed by atoms with van der Waals surface area (Å²) in [7, 11) is 1.50. The van der Waals surface area contributed by atoms with Crippen molar-refractivity contribution in [2.75, 3.05) is 7.11 Å². The number of allylic oxidation sites excluding steroid dienone is 4. The molecule has 1 aliphatic heterocycles. The predicted octanol–water partition coefficient (Wildman–Crippen LogP) is 3.51. The molecule has 26 heavy (non-hydrogen) atoms. The van der Waals surface area contributed by atoms with E-state index in [0.717, 1.165) is 16.4 Å². The van der Waals surface area contributed by atoms with Gasteiger partial charge in [0.05, 0.1) is 22.8 Å². The number of benzene rings is 1. The van der Waals surface area contributed by atoms with Crippen LogP contribution in [0.25, 0.3) is 16.4 Å². The van der Waals surface area contributed by atoms with Gasteiger partial charge in [-0.1, -0.05) is 36.9 Å². The van der Waals surface area contributed by atoms with Crippen LogP contribution in [-0.2, 0) is 20.1 Å². The fourth-order valence-corrected chi connectivity index (χ4v) is 3.99. The second kappa shape index (κ2) is 5.16. The van der Waals surface area contributed by atoms with Crippen molar-refractivity contribution in [1.82, 2.24) is 9.38 Å². The molecule has 1 fully saturated rings. The first-order chi connectivity index (χ1) is 12.7. The van der Waals surface area contributed by atoms with Gasteiger partial charge in [-0.05, 0) is 17.7 Å². The number of ketones is 1. The summed E-state index contributed by atoms with van der Waals surface area (Å²) in [4.78, 5) is 17.7. The lowest BCUT2D eigenvalue weighted by Crippen LogP contribution is -2.37. The van der Waals surface area contributed by atoms with Crippen molar-refractivity contribution >= 4 is 22.2 Å². The quantitative estimate of drug-likeness (QED) is 0.714. The summed E-state index contributed by atoms with van der Waals surface area (Å²) in [6, 6.07) is 7.87. The number of carbonyl (C=O) groups excluding carboxylic acids is 1. The van der Waals surface area contributed by atoms with Crippen LogP contribution in [0, 0.1) is 5.92 Å². The second-order valence-electron chi connectivity index (χ2n) is 6.45. The van der Waals surface area contributed by atoms with Crippen molar-refractivity contribution in [2.45, 2.75) is 5.79 Å². The molecule has 2 aliphatic rings. The highest BCUT2D eigenvalue weighted by Gasteiger charge is 2.57. The lowest BCUT2D eigenvalue weighted by Gasteiger charge is -2.25. The number of carbonyl (C=O) groups is 1. The standard InChI is InChI=1S/C21H16N2O3/c1-13-6-5-9-17-18(13)20(24)21(25-2,26-17)19-14-7-3-4-8-15(14)23-11-10-22-12-16(19)23/h3-12,18H,1H2,2H3. The predicted molar refractivity (Wildman–Crippen MR) is 97.3 cm³/mol. The van der Waals surface area contributed by atoms with Crippen molar-refractivity contribution < 1.29 is 14.3 Å². The van der Waals surface area contributed by atoms with Gasteiger partial charge in [0.15, 0.2) is 0 Å². The third-order valence-corrected chi connectivity index (χ3v) is 5.14. The molecule has 1 aromatic carbocycles. The maximum absolute atomic E-state index is 13.5. The highest BCUT2D eigenvalue weighted by atomic mass is 16.7. The largest absolute Gasteiger partial charge is 0.454 e. The lowest BCUT2D eigenvalue weighted by molar-refractivity contribution is -0.190. The smallest absolute Gasteiger partial charge is 0.301 e. The number of nitrogens with zero attached hydrogens (tertiary/aromatic N) is 2. The number of aromatic nitrogens is 2. The molecule has 5 nitrogen and oxygen atoms in total. The minimum atomic E-state index is -1.52. The fraction of sp³-hybridized carbons (Fsp3) is 0.143. The molecule has 0 amide bonds. The molecule has 1 saturated heterocycles. The average molecular weight is 344 g/mol. The maximum Gasteiger partial charge on any atom is 0.301 e. The molecule has 3 heterocycles. The minimum absolute atomic E-state index is 0.164. The Balaban J connectivity index is 1.86. The van der Waals surface area contributed by atoms with E-state index in [-0.39, 0.29) is 5.78 Å². The Labute approximate surface area is 149 Å². The number of methoxy groups -OCH3 is 1. The van der Waals surface area contributed by atoms with Crippen molar-refractivity contribution in [3.63, 3.8) is 0 Å². The van der Waals surface area contributed by atoms with E-state index in [2.05, 4.69) is 11.6 Å². The molecule has 5 rings (SSSR count). The third kappa shape index (κ3) is 1.73. The van der Waals surface area contributed by atoms with Gasteiger partial charge in [0, 0.05) is 24.9 Å². The van der Waals surface area contributed by atoms with Crippen LogP contribution >= 0.6 is 0 Å². The van der Waals surface area contributed by atoms with Crippen LogP contribution in [0.1, 0.15) is 5.56 Å².